The van der Waals surface area contributed by atoms with Crippen LogP contribution in [-0.4, -0.2) is 19.3 Å². The Morgan fingerprint density at radius 1 is 1.11 bits per heavy atom. The van der Waals surface area contributed by atoms with Gasteiger partial charge in [0.15, 0.2) is 10.8 Å². The maximum atomic E-state index is 13.2. The van der Waals surface area contributed by atoms with Crippen LogP contribution in [0.1, 0.15) is 23.3 Å². The van der Waals surface area contributed by atoms with Crippen molar-refractivity contribution in [2.75, 3.05) is 0 Å². The topological polar surface area (TPSA) is 76.5 Å². The van der Waals surface area contributed by atoms with Crippen molar-refractivity contribution in [1.29, 1.82) is 5.26 Å². The van der Waals surface area contributed by atoms with Gasteiger partial charge in [-0.3, -0.25) is 14.0 Å². The van der Waals surface area contributed by atoms with Crippen molar-refractivity contribution >= 4 is 22.8 Å². The Labute approximate surface area is 166 Å². The van der Waals surface area contributed by atoms with Gasteiger partial charge in [-0.25, -0.2) is 4.98 Å². The number of hydrogen-bond donors (Lipinski definition) is 0. The SMILES string of the molecule is CC(Sc1nc2c(cnn2C)c(=O)n1-c1ccc(C#N)cc1)c1ccccc1. The van der Waals surface area contributed by atoms with Gasteiger partial charge in [0.05, 0.1) is 23.5 Å². The zero-order valence-electron chi connectivity index (χ0n) is 15.4. The van der Waals surface area contributed by atoms with E-state index in [0.717, 1.165) is 5.56 Å². The minimum Gasteiger partial charge on any atom is -0.268 e. The molecular weight excluding hydrogens is 370 g/mol. The zero-order valence-corrected chi connectivity index (χ0v) is 16.2. The van der Waals surface area contributed by atoms with Crippen LogP contribution in [0.5, 0.6) is 0 Å². The highest BCUT2D eigenvalue weighted by Crippen LogP contribution is 2.34. The highest BCUT2D eigenvalue weighted by atomic mass is 32.2. The van der Waals surface area contributed by atoms with E-state index in [9.17, 15) is 4.79 Å². The average Bonchev–Trinajstić information content (AvgIpc) is 3.10. The standard InChI is InChI=1S/C21H17N5OS/c1-14(16-6-4-3-5-7-16)28-21-24-19-18(13-23-25(19)2)20(27)26(21)17-10-8-15(12-22)9-11-17/h3-11,13-14H,1-2H3. The van der Waals surface area contributed by atoms with Crippen LogP contribution in [0, 0.1) is 11.3 Å². The summed E-state index contributed by atoms with van der Waals surface area (Å²) in [7, 11) is 1.77. The molecule has 0 saturated carbocycles. The van der Waals surface area contributed by atoms with Crippen molar-refractivity contribution in [1.82, 2.24) is 19.3 Å². The summed E-state index contributed by atoms with van der Waals surface area (Å²) in [6, 6.07) is 19.1. The van der Waals surface area contributed by atoms with Crippen molar-refractivity contribution in [3.05, 3.63) is 82.3 Å². The van der Waals surface area contributed by atoms with Crippen LogP contribution in [0.2, 0.25) is 0 Å². The third-order valence-corrected chi connectivity index (χ3v) is 5.65. The second-order valence-electron chi connectivity index (χ2n) is 6.37. The van der Waals surface area contributed by atoms with E-state index in [1.807, 2.05) is 18.2 Å². The molecule has 4 aromatic rings. The zero-order chi connectivity index (χ0) is 19.7. The van der Waals surface area contributed by atoms with Gasteiger partial charge in [-0.1, -0.05) is 42.1 Å². The van der Waals surface area contributed by atoms with Crippen molar-refractivity contribution in [2.24, 2.45) is 7.05 Å². The lowest BCUT2D eigenvalue weighted by atomic mass is 10.2. The van der Waals surface area contributed by atoms with Gasteiger partial charge < -0.3 is 0 Å². The van der Waals surface area contributed by atoms with Crippen molar-refractivity contribution in [3.63, 3.8) is 0 Å². The first-order chi connectivity index (χ1) is 13.6. The molecule has 0 fully saturated rings. The summed E-state index contributed by atoms with van der Waals surface area (Å²) in [5.74, 6) is 0. The highest BCUT2D eigenvalue weighted by Gasteiger charge is 2.18. The number of nitrogens with zero attached hydrogens (tertiary/aromatic N) is 5. The first kappa shape index (κ1) is 18.0. The molecule has 1 unspecified atom stereocenters. The van der Waals surface area contributed by atoms with E-state index in [-0.39, 0.29) is 10.8 Å². The van der Waals surface area contributed by atoms with Crippen LogP contribution in [0.4, 0.5) is 0 Å². The fourth-order valence-corrected chi connectivity index (χ4v) is 4.05. The third-order valence-electron chi connectivity index (χ3n) is 4.54. The molecule has 4 rings (SSSR count). The molecule has 1 atom stereocenters. The lowest BCUT2D eigenvalue weighted by Gasteiger charge is -2.16. The second-order valence-corrected chi connectivity index (χ2v) is 7.68. The molecule has 138 valence electrons. The van der Waals surface area contributed by atoms with E-state index in [0.29, 0.717) is 27.4 Å². The quantitative estimate of drug-likeness (QED) is 0.393. The van der Waals surface area contributed by atoms with Crippen LogP contribution >= 0.6 is 11.8 Å². The summed E-state index contributed by atoms with van der Waals surface area (Å²) in [6.45, 7) is 2.09. The molecule has 0 aliphatic carbocycles. The molecule has 0 N–H and O–H groups in total. The fourth-order valence-electron chi connectivity index (χ4n) is 3.00. The van der Waals surface area contributed by atoms with E-state index in [1.165, 1.54) is 11.8 Å². The predicted molar refractivity (Wildman–Crippen MR) is 110 cm³/mol. The largest absolute Gasteiger partial charge is 0.269 e. The van der Waals surface area contributed by atoms with Gasteiger partial charge in [0.25, 0.3) is 5.56 Å². The summed E-state index contributed by atoms with van der Waals surface area (Å²) in [6.07, 6.45) is 1.54. The number of thioether (sulfide) groups is 1. The number of nitriles is 1. The molecule has 2 heterocycles. The smallest absolute Gasteiger partial charge is 0.268 e. The minimum atomic E-state index is -0.175. The number of hydrogen-bond acceptors (Lipinski definition) is 5. The molecule has 2 aromatic carbocycles. The molecule has 0 saturated heterocycles. The maximum Gasteiger partial charge on any atom is 0.269 e. The van der Waals surface area contributed by atoms with Gasteiger partial charge in [0, 0.05) is 12.3 Å². The van der Waals surface area contributed by atoms with Crippen LogP contribution in [0.15, 0.2) is 70.7 Å². The molecule has 2 aromatic heterocycles. The first-order valence-corrected chi connectivity index (χ1v) is 9.63. The number of aromatic nitrogens is 4. The Bertz CT molecular complexity index is 1240. The molecule has 0 aliphatic heterocycles. The number of rotatable bonds is 4. The van der Waals surface area contributed by atoms with E-state index < -0.39 is 0 Å². The summed E-state index contributed by atoms with van der Waals surface area (Å²) < 4.78 is 3.20. The fraction of sp³-hybridized carbons (Fsp3) is 0.143. The Morgan fingerprint density at radius 2 is 1.82 bits per heavy atom. The van der Waals surface area contributed by atoms with E-state index in [2.05, 4.69) is 30.2 Å². The molecule has 0 radical (unpaired) electrons. The summed E-state index contributed by atoms with van der Waals surface area (Å²) >= 11 is 1.51. The van der Waals surface area contributed by atoms with Gasteiger partial charge in [-0.2, -0.15) is 10.4 Å². The molecular formula is C21H17N5OS. The van der Waals surface area contributed by atoms with E-state index in [4.69, 9.17) is 10.2 Å². The van der Waals surface area contributed by atoms with Gasteiger partial charge in [0.1, 0.15) is 5.39 Å². The van der Waals surface area contributed by atoms with Gasteiger partial charge >= 0.3 is 0 Å². The normalized spacial score (nSPS) is 12.0. The maximum absolute atomic E-state index is 13.2. The first-order valence-electron chi connectivity index (χ1n) is 8.75. The van der Waals surface area contributed by atoms with Crippen LogP contribution in [-0.2, 0) is 7.05 Å². The summed E-state index contributed by atoms with van der Waals surface area (Å²) in [4.78, 5) is 18.0. The van der Waals surface area contributed by atoms with Crippen molar-refractivity contribution in [3.8, 4) is 11.8 Å². The second kappa shape index (κ2) is 7.33. The van der Waals surface area contributed by atoms with Gasteiger partial charge in [-0.05, 0) is 36.8 Å². The Morgan fingerprint density at radius 3 is 2.50 bits per heavy atom. The van der Waals surface area contributed by atoms with Crippen LogP contribution in [0.25, 0.3) is 16.7 Å². The predicted octanol–water partition coefficient (Wildman–Crippen LogP) is 3.84. The Kier molecular flexibility index (Phi) is 4.72. The lowest BCUT2D eigenvalue weighted by molar-refractivity contribution is 0.757. The monoisotopic (exact) mass is 387 g/mol. The van der Waals surface area contributed by atoms with Crippen molar-refractivity contribution < 1.29 is 0 Å². The number of aryl methyl sites for hydroxylation is 1. The van der Waals surface area contributed by atoms with Gasteiger partial charge in [-0.15, -0.1) is 0 Å². The molecule has 0 bridgehead atoms. The number of fused-ring (bicyclic) bond motifs is 1. The molecule has 0 spiro atoms. The van der Waals surface area contributed by atoms with E-state index >= 15 is 0 Å². The van der Waals surface area contributed by atoms with Gasteiger partial charge in [0.2, 0.25) is 0 Å². The Balaban J connectivity index is 1.88. The van der Waals surface area contributed by atoms with Crippen LogP contribution in [0.3, 0.4) is 0 Å². The Hall–Kier alpha value is -3.37. The summed E-state index contributed by atoms with van der Waals surface area (Å²) in [5.41, 5.74) is 2.74. The van der Waals surface area contributed by atoms with E-state index in [1.54, 1.807) is 46.8 Å². The molecule has 28 heavy (non-hydrogen) atoms. The average molecular weight is 387 g/mol. The minimum absolute atomic E-state index is 0.100. The highest BCUT2D eigenvalue weighted by molar-refractivity contribution is 7.99. The third kappa shape index (κ3) is 3.19. The number of benzene rings is 2. The van der Waals surface area contributed by atoms with Crippen LogP contribution < -0.4 is 5.56 Å². The summed E-state index contributed by atoms with van der Waals surface area (Å²) in [5, 5.41) is 14.4. The molecule has 0 aliphatic rings. The lowest BCUT2D eigenvalue weighted by Crippen LogP contribution is -2.22. The molecule has 7 heteroatoms. The molecule has 6 nitrogen and oxygen atoms in total. The van der Waals surface area contributed by atoms with Crippen molar-refractivity contribution in [2.45, 2.75) is 17.3 Å². The molecule has 0 amide bonds.